The van der Waals surface area contributed by atoms with Gasteiger partial charge in [0.15, 0.2) is 5.65 Å². The van der Waals surface area contributed by atoms with Crippen LogP contribution in [0.15, 0.2) is 23.1 Å². The topological polar surface area (TPSA) is 93.7 Å². The van der Waals surface area contributed by atoms with Gasteiger partial charge in [-0.3, -0.25) is 4.79 Å². The highest BCUT2D eigenvalue weighted by Gasteiger charge is 2.56. The van der Waals surface area contributed by atoms with Crippen LogP contribution < -0.4 is 5.56 Å². The van der Waals surface area contributed by atoms with Crippen molar-refractivity contribution in [2.45, 2.75) is 83.1 Å². The van der Waals surface area contributed by atoms with E-state index in [9.17, 15) is 18.0 Å². The summed E-state index contributed by atoms with van der Waals surface area (Å²) in [7, 11) is 0. The van der Waals surface area contributed by atoms with E-state index in [1.165, 1.54) is 6.07 Å². The Balaban J connectivity index is 1.42. The number of ether oxygens (including phenoxy) is 1. The third kappa shape index (κ3) is 4.43. The number of nitrogens with zero attached hydrogens (tertiary/aromatic N) is 4. The second kappa shape index (κ2) is 8.85. The number of hydrogen-bond acceptors (Lipinski definition) is 6. The van der Waals surface area contributed by atoms with Crippen molar-refractivity contribution in [2.24, 2.45) is 17.8 Å². The first-order chi connectivity index (χ1) is 17.6. The molecule has 0 amide bonds. The van der Waals surface area contributed by atoms with Crippen molar-refractivity contribution in [1.82, 2.24) is 24.9 Å². The van der Waals surface area contributed by atoms with E-state index in [1.807, 2.05) is 20.8 Å². The zero-order chi connectivity index (χ0) is 26.1. The van der Waals surface area contributed by atoms with Crippen molar-refractivity contribution in [3.8, 4) is 0 Å². The summed E-state index contributed by atoms with van der Waals surface area (Å²) in [6, 6.07) is 3.24. The number of fused-ring (bicyclic) bond motifs is 3. The van der Waals surface area contributed by atoms with E-state index in [0.29, 0.717) is 48.4 Å². The predicted molar refractivity (Wildman–Crippen MR) is 130 cm³/mol. The number of rotatable bonds is 3. The maximum absolute atomic E-state index is 13.9. The second-order valence-electron chi connectivity index (χ2n) is 11.1. The molecule has 3 aromatic heterocycles. The van der Waals surface area contributed by atoms with Gasteiger partial charge in [-0.05, 0) is 76.3 Å². The van der Waals surface area contributed by atoms with Gasteiger partial charge in [-0.25, -0.2) is 19.9 Å². The van der Waals surface area contributed by atoms with E-state index in [2.05, 4.69) is 4.98 Å². The van der Waals surface area contributed by atoms with Crippen LogP contribution in [0.4, 0.5) is 13.2 Å². The standard InChI is InChI=1S/C27H30F3N5O2/c1-12-6-18(9-21(37-12)15-4-5-22(36)31-11-15)25-34-23(24-26(35-25)33-14(3)13(2)32-24)19-10-20(27(28,29)30)17-7-16(19)8-17/h4-5,11-12,16-21H,6-10H2,1-3H3,(H,31,36)/t12-,16?,17?,18?,19?,20?,21-/m1/s1. The number of aromatic amines is 1. The van der Waals surface area contributed by atoms with Gasteiger partial charge in [0.2, 0.25) is 5.56 Å². The van der Waals surface area contributed by atoms with E-state index >= 15 is 0 Å². The Bertz CT molecular complexity index is 1380. The fourth-order valence-corrected chi connectivity index (χ4v) is 6.55. The number of alkyl halides is 3. The molecule has 37 heavy (non-hydrogen) atoms. The molecule has 4 heterocycles. The van der Waals surface area contributed by atoms with Gasteiger partial charge in [-0.2, -0.15) is 13.2 Å². The second-order valence-corrected chi connectivity index (χ2v) is 11.1. The summed E-state index contributed by atoms with van der Waals surface area (Å²) in [4.78, 5) is 33.5. The highest BCUT2D eigenvalue weighted by molar-refractivity contribution is 5.73. The summed E-state index contributed by atoms with van der Waals surface area (Å²) in [6.45, 7) is 5.71. The van der Waals surface area contributed by atoms with Crippen LogP contribution in [0.25, 0.3) is 11.2 Å². The first-order valence-electron chi connectivity index (χ1n) is 13.0. The van der Waals surface area contributed by atoms with Gasteiger partial charge in [0, 0.05) is 24.1 Å². The molecule has 1 aliphatic heterocycles. The molecule has 1 saturated heterocycles. The number of hydrogen-bond donors (Lipinski definition) is 1. The normalized spacial score (nSPS) is 31.8. The van der Waals surface area contributed by atoms with Crippen LogP contribution >= 0.6 is 0 Å². The minimum atomic E-state index is -4.21. The molecule has 3 saturated carbocycles. The van der Waals surface area contributed by atoms with Gasteiger partial charge in [0.25, 0.3) is 0 Å². The van der Waals surface area contributed by atoms with Crippen LogP contribution in [0.1, 0.15) is 85.4 Å². The molecule has 7 nitrogen and oxygen atoms in total. The molecule has 1 N–H and O–H groups in total. The van der Waals surface area contributed by atoms with Gasteiger partial charge in [0.05, 0.1) is 35.2 Å². The molecule has 3 aliphatic carbocycles. The highest BCUT2D eigenvalue weighted by Crippen LogP contribution is 2.59. The maximum atomic E-state index is 13.9. The van der Waals surface area contributed by atoms with Crippen molar-refractivity contribution in [3.63, 3.8) is 0 Å². The lowest BCUT2D eigenvalue weighted by atomic mass is 9.54. The number of aromatic nitrogens is 5. The van der Waals surface area contributed by atoms with Crippen LogP contribution in [-0.4, -0.2) is 37.2 Å². The quantitative estimate of drug-likeness (QED) is 0.501. The lowest BCUT2D eigenvalue weighted by Crippen LogP contribution is -2.47. The fraction of sp³-hybridized carbons (Fsp3) is 0.593. The Morgan fingerprint density at radius 3 is 2.41 bits per heavy atom. The first kappa shape index (κ1) is 24.5. The zero-order valence-electron chi connectivity index (χ0n) is 21.0. The molecule has 4 fully saturated rings. The monoisotopic (exact) mass is 513 g/mol. The van der Waals surface area contributed by atoms with Crippen molar-refractivity contribution in [1.29, 1.82) is 0 Å². The minimum Gasteiger partial charge on any atom is -0.370 e. The smallest absolute Gasteiger partial charge is 0.370 e. The first-order valence-corrected chi connectivity index (χ1v) is 13.0. The molecular weight excluding hydrogens is 483 g/mol. The Morgan fingerprint density at radius 1 is 0.946 bits per heavy atom. The molecule has 3 aromatic rings. The van der Waals surface area contributed by atoms with Crippen LogP contribution in [0, 0.1) is 31.6 Å². The van der Waals surface area contributed by atoms with Crippen molar-refractivity contribution in [3.05, 3.63) is 57.2 Å². The molecule has 7 rings (SSSR count). The van der Waals surface area contributed by atoms with E-state index in [1.54, 1.807) is 12.3 Å². The molecule has 0 aromatic carbocycles. The summed E-state index contributed by atoms with van der Waals surface area (Å²) in [5.74, 6) is -1.19. The van der Waals surface area contributed by atoms with Crippen molar-refractivity contribution >= 4 is 11.2 Å². The fourth-order valence-electron chi connectivity index (χ4n) is 6.55. The molecule has 4 aliphatic rings. The summed E-state index contributed by atoms with van der Waals surface area (Å²) in [6.07, 6.45) is -0.393. The molecule has 0 spiro atoms. The van der Waals surface area contributed by atoms with E-state index in [4.69, 9.17) is 24.7 Å². The van der Waals surface area contributed by atoms with Crippen molar-refractivity contribution < 1.29 is 17.9 Å². The summed E-state index contributed by atoms with van der Waals surface area (Å²) in [5, 5.41) is 0. The highest BCUT2D eigenvalue weighted by atomic mass is 19.4. The third-order valence-electron chi connectivity index (χ3n) is 8.67. The molecule has 2 bridgehead atoms. The number of nitrogens with one attached hydrogen (secondary N) is 1. The summed E-state index contributed by atoms with van der Waals surface area (Å²) < 4.78 is 47.8. The zero-order valence-corrected chi connectivity index (χ0v) is 21.0. The van der Waals surface area contributed by atoms with Crippen LogP contribution in [0.2, 0.25) is 0 Å². The number of pyridine rings is 1. The predicted octanol–water partition coefficient (Wildman–Crippen LogP) is 5.44. The van der Waals surface area contributed by atoms with E-state index in [0.717, 1.165) is 17.0 Å². The largest absolute Gasteiger partial charge is 0.392 e. The average Bonchev–Trinajstić information content (AvgIpc) is 2.83. The van der Waals surface area contributed by atoms with Crippen molar-refractivity contribution in [2.75, 3.05) is 0 Å². The molecule has 196 valence electrons. The Morgan fingerprint density at radius 2 is 1.70 bits per heavy atom. The summed E-state index contributed by atoms with van der Waals surface area (Å²) in [5.41, 5.74) is 3.76. The maximum Gasteiger partial charge on any atom is 0.392 e. The van der Waals surface area contributed by atoms with E-state index < -0.39 is 12.1 Å². The lowest BCUT2D eigenvalue weighted by molar-refractivity contribution is -0.219. The van der Waals surface area contributed by atoms with Crippen LogP contribution in [0.3, 0.4) is 0 Å². The lowest BCUT2D eigenvalue weighted by Gasteiger charge is -2.51. The van der Waals surface area contributed by atoms with Gasteiger partial charge in [0.1, 0.15) is 11.3 Å². The Labute approximate surface area is 212 Å². The van der Waals surface area contributed by atoms with Crippen LogP contribution in [-0.2, 0) is 4.74 Å². The van der Waals surface area contributed by atoms with Crippen LogP contribution in [0.5, 0.6) is 0 Å². The summed E-state index contributed by atoms with van der Waals surface area (Å²) >= 11 is 0. The molecular formula is C27H30F3N5O2. The SMILES string of the molecule is Cc1nc2nc(C3C[C@@H](C)O[C@@H](c4ccc(=O)[nH]c4)C3)nc(C3CC(C(F)(F)F)C4CC3C4)c2nc1C. The van der Waals surface area contributed by atoms with Gasteiger partial charge in [-0.1, -0.05) is 0 Å². The van der Waals surface area contributed by atoms with Gasteiger partial charge in [-0.15, -0.1) is 0 Å². The van der Waals surface area contributed by atoms with Gasteiger partial charge < -0.3 is 9.72 Å². The molecule has 5 atom stereocenters. The minimum absolute atomic E-state index is 0.0448. The molecule has 0 radical (unpaired) electrons. The van der Waals surface area contributed by atoms with Gasteiger partial charge >= 0.3 is 6.18 Å². The Kier molecular flexibility index (Phi) is 5.85. The molecule has 10 heteroatoms. The van der Waals surface area contributed by atoms with E-state index in [-0.39, 0.29) is 47.9 Å². The number of aryl methyl sites for hydroxylation is 2. The Hall–Kier alpha value is -2.88. The number of H-pyrrole nitrogens is 1. The molecule has 3 unspecified atom stereocenters. The number of halogens is 3. The average molecular weight is 514 g/mol. The third-order valence-corrected chi connectivity index (χ3v) is 8.67.